The maximum atomic E-state index is 11.2. The predicted molar refractivity (Wildman–Crippen MR) is 74.0 cm³/mol. The van der Waals surface area contributed by atoms with Crippen molar-refractivity contribution in [3.05, 3.63) is 28.8 Å². The van der Waals surface area contributed by atoms with E-state index in [9.17, 15) is 9.59 Å². The number of ketones is 1. The molecule has 0 aliphatic heterocycles. The Hall–Kier alpha value is -1.35. The molecule has 0 aliphatic carbocycles. The van der Waals surface area contributed by atoms with Gasteiger partial charge in [0, 0.05) is 19.8 Å². The van der Waals surface area contributed by atoms with Crippen molar-refractivity contribution >= 4 is 29.0 Å². The average molecular weight is 268 g/mol. The summed E-state index contributed by atoms with van der Waals surface area (Å²) in [6.45, 7) is 3.32. The zero-order chi connectivity index (χ0) is 13.5. The predicted octanol–water partition coefficient (Wildman–Crippen LogP) is 3.60. The highest BCUT2D eigenvalue weighted by Crippen LogP contribution is 2.27. The fourth-order valence-corrected chi connectivity index (χ4v) is 1.98. The number of anilines is 1. The van der Waals surface area contributed by atoms with Crippen molar-refractivity contribution in [2.45, 2.75) is 39.5 Å². The summed E-state index contributed by atoms with van der Waals surface area (Å²) in [5.74, 6) is 0.124. The molecule has 98 valence electrons. The summed E-state index contributed by atoms with van der Waals surface area (Å²) >= 11 is 6.20. The standard InChI is InChI=1S/C14H18ClNO2/c1-3-12(18)8-4-6-11-7-5-9-13(14(11)15)16-10(2)17/h5,7,9H,3-4,6,8H2,1-2H3,(H,16,17). The van der Waals surface area contributed by atoms with Gasteiger partial charge in [0.05, 0.1) is 10.7 Å². The molecule has 1 N–H and O–H groups in total. The Morgan fingerprint density at radius 2 is 2.06 bits per heavy atom. The molecule has 0 aliphatic rings. The van der Waals surface area contributed by atoms with Crippen molar-refractivity contribution in [1.29, 1.82) is 0 Å². The number of Topliss-reactive ketones (excluding diaryl/α,β-unsaturated/α-hetero) is 1. The van der Waals surface area contributed by atoms with Gasteiger partial charge < -0.3 is 5.32 Å². The minimum absolute atomic E-state index is 0.143. The number of hydrogen-bond donors (Lipinski definition) is 1. The highest BCUT2D eigenvalue weighted by Gasteiger charge is 2.07. The van der Waals surface area contributed by atoms with Crippen molar-refractivity contribution in [1.82, 2.24) is 0 Å². The summed E-state index contributed by atoms with van der Waals surface area (Å²) in [6, 6.07) is 5.54. The molecule has 0 heterocycles. The molecule has 18 heavy (non-hydrogen) atoms. The van der Waals surface area contributed by atoms with Crippen LogP contribution in [0.3, 0.4) is 0 Å². The van der Waals surface area contributed by atoms with Crippen LogP contribution in [0.4, 0.5) is 5.69 Å². The molecule has 0 atom stereocenters. The van der Waals surface area contributed by atoms with Crippen LogP contribution in [-0.4, -0.2) is 11.7 Å². The monoisotopic (exact) mass is 267 g/mol. The van der Waals surface area contributed by atoms with Crippen LogP contribution < -0.4 is 5.32 Å². The van der Waals surface area contributed by atoms with Crippen molar-refractivity contribution in [2.75, 3.05) is 5.32 Å². The van der Waals surface area contributed by atoms with E-state index in [1.807, 2.05) is 19.1 Å². The molecule has 0 saturated heterocycles. The van der Waals surface area contributed by atoms with Gasteiger partial charge in [-0.3, -0.25) is 9.59 Å². The van der Waals surface area contributed by atoms with Crippen LogP contribution in [0.15, 0.2) is 18.2 Å². The van der Waals surface area contributed by atoms with Crippen molar-refractivity contribution in [3.63, 3.8) is 0 Å². The lowest BCUT2D eigenvalue weighted by Gasteiger charge is -2.09. The first kappa shape index (κ1) is 14.7. The zero-order valence-corrected chi connectivity index (χ0v) is 11.5. The highest BCUT2D eigenvalue weighted by atomic mass is 35.5. The van der Waals surface area contributed by atoms with E-state index in [0.717, 1.165) is 18.4 Å². The van der Waals surface area contributed by atoms with E-state index in [0.29, 0.717) is 23.6 Å². The fourth-order valence-electron chi connectivity index (χ4n) is 1.71. The van der Waals surface area contributed by atoms with E-state index in [1.165, 1.54) is 6.92 Å². The second kappa shape index (κ2) is 7.17. The topological polar surface area (TPSA) is 46.2 Å². The second-order valence-corrected chi connectivity index (χ2v) is 4.58. The van der Waals surface area contributed by atoms with Gasteiger partial charge in [-0.15, -0.1) is 0 Å². The SMILES string of the molecule is CCC(=O)CCCc1cccc(NC(C)=O)c1Cl. The summed E-state index contributed by atoms with van der Waals surface area (Å²) in [4.78, 5) is 22.2. The minimum Gasteiger partial charge on any atom is -0.325 e. The quantitative estimate of drug-likeness (QED) is 0.856. The van der Waals surface area contributed by atoms with Crippen LogP contribution in [0, 0.1) is 0 Å². The van der Waals surface area contributed by atoms with Crippen LogP contribution in [0.5, 0.6) is 0 Å². The third-order valence-corrected chi connectivity index (χ3v) is 3.13. The van der Waals surface area contributed by atoms with Crippen molar-refractivity contribution in [3.8, 4) is 0 Å². The number of aryl methyl sites for hydroxylation is 1. The number of halogens is 1. The van der Waals surface area contributed by atoms with Crippen LogP contribution in [0.2, 0.25) is 5.02 Å². The Morgan fingerprint density at radius 1 is 1.33 bits per heavy atom. The molecule has 0 radical (unpaired) electrons. The zero-order valence-electron chi connectivity index (χ0n) is 10.8. The van der Waals surface area contributed by atoms with Gasteiger partial charge in [0.1, 0.15) is 5.78 Å². The first-order chi connectivity index (χ1) is 8.54. The van der Waals surface area contributed by atoms with Crippen LogP contribution in [0.1, 0.15) is 38.7 Å². The van der Waals surface area contributed by atoms with E-state index in [2.05, 4.69) is 5.32 Å². The summed E-state index contributed by atoms with van der Waals surface area (Å²) in [6.07, 6.45) is 2.70. The van der Waals surface area contributed by atoms with E-state index >= 15 is 0 Å². The smallest absolute Gasteiger partial charge is 0.221 e. The summed E-state index contributed by atoms with van der Waals surface area (Å²) in [5, 5.41) is 3.25. The highest BCUT2D eigenvalue weighted by molar-refractivity contribution is 6.34. The number of hydrogen-bond acceptors (Lipinski definition) is 2. The molecule has 4 heteroatoms. The molecule has 1 rings (SSSR count). The van der Waals surface area contributed by atoms with Gasteiger partial charge in [0.25, 0.3) is 0 Å². The largest absolute Gasteiger partial charge is 0.325 e. The summed E-state index contributed by atoms with van der Waals surface area (Å²) < 4.78 is 0. The molecule has 1 aromatic carbocycles. The number of nitrogens with one attached hydrogen (secondary N) is 1. The Balaban J connectivity index is 2.66. The maximum Gasteiger partial charge on any atom is 0.221 e. The van der Waals surface area contributed by atoms with E-state index in [1.54, 1.807) is 6.07 Å². The number of amides is 1. The van der Waals surface area contributed by atoms with Gasteiger partial charge in [-0.1, -0.05) is 30.7 Å². The number of carbonyl (C=O) groups excluding carboxylic acids is 2. The van der Waals surface area contributed by atoms with Gasteiger partial charge >= 0.3 is 0 Å². The maximum absolute atomic E-state index is 11.2. The molecule has 0 saturated carbocycles. The number of rotatable bonds is 6. The first-order valence-corrected chi connectivity index (χ1v) is 6.49. The number of carbonyl (C=O) groups is 2. The lowest BCUT2D eigenvalue weighted by Crippen LogP contribution is -2.07. The Bertz CT molecular complexity index is 443. The van der Waals surface area contributed by atoms with Gasteiger partial charge in [-0.2, -0.15) is 0 Å². The number of benzene rings is 1. The Kier molecular flexibility index (Phi) is 5.86. The molecule has 1 aromatic rings. The molecular formula is C14H18ClNO2. The molecule has 0 fully saturated rings. The lowest BCUT2D eigenvalue weighted by molar-refractivity contribution is -0.118. The molecule has 0 spiro atoms. The molecule has 0 unspecified atom stereocenters. The second-order valence-electron chi connectivity index (χ2n) is 4.21. The van der Waals surface area contributed by atoms with E-state index < -0.39 is 0 Å². The van der Waals surface area contributed by atoms with E-state index in [-0.39, 0.29) is 11.7 Å². The lowest BCUT2D eigenvalue weighted by atomic mass is 10.0. The van der Waals surface area contributed by atoms with Crippen LogP contribution >= 0.6 is 11.6 Å². The minimum atomic E-state index is -0.143. The van der Waals surface area contributed by atoms with Gasteiger partial charge in [-0.05, 0) is 24.5 Å². The molecule has 0 aromatic heterocycles. The molecular weight excluding hydrogens is 250 g/mol. The molecule has 1 amide bonds. The van der Waals surface area contributed by atoms with Gasteiger partial charge in [-0.25, -0.2) is 0 Å². The Morgan fingerprint density at radius 3 is 2.67 bits per heavy atom. The van der Waals surface area contributed by atoms with E-state index in [4.69, 9.17) is 11.6 Å². The summed E-state index contributed by atoms with van der Waals surface area (Å²) in [7, 11) is 0. The molecule has 3 nitrogen and oxygen atoms in total. The van der Waals surface area contributed by atoms with Gasteiger partial charge in [0.2, 0.25) is 5.91 Å². The molecule has 0 bridgehead atoms. The first-order valence-electron chi connectivity index (χ1n) is 6.11. The third-order valence-electron chi connectivity index (χ3n) is 2.69. The van der Waals surface area contributed by atoms with Crippen molar-refractivity contribution in [2.24, 2.45) is 0 Å². The Labute approximate surface area is 113 Å². The normalized spacial score (nSPS) is 10.2. The third kappa shape index (κ3) is 4.49. The average Bonchev–Trinajstić information content (AvgIpc) is 2.33. The van der Waals surface area contributed by atoms with Crippen LogP contribution in [-0.2, 0) is 16.0 Å². The van der Waals surface area contributed by atoms with Crippen LogP contribution in [0.25, 0.3) is 0 Å². The van der Waals surface area contributed by atoms with Crippen molar-refractivity contribution < 1.29 is 9.59 Å². The summed E-state index contributed by atoms with van der Waals surface area (Å²) in [5.41, 5.74) is 1.59. The fraction of sp³-hybridized carbons (Fsp3) is 0.429. The van der Waals surface area contributed by atoms with Gasteiger partial charge in [0.15, 0.2) is 0 Å².